The Hall–Kier alpha value is -2.29. The summed E-state index contributed by atoms with van der Waals surface area (Å²) in [6, 6.07) is 14.8. The van der Waals surface area contributed by atoms with Gasteiger partial charge in [-0.1, -0.05) is 95.0 Å². The molecule has 152 valence electrons. The van der Waals surface area contributed by atoms with Crippen molar-refractivity contribution >= 4 is 5.97 Å². The fraction of sp³-hybridized carbons (Fsp3) is 0.480. The molecule has 0 heterocycles. The first-order valence-corrected chi connectivity index (χ1v) is 10.8. The van der Waals surface area contributed by atoms with Gasteiger partial charge in [0.2, 0.25) is 0 Å². The van der Waals surface area contributed by atoms with Gasteiger partial charge in [0.25, 0.3) is 0 Å². The highest BCUT2D eigenvalue weighted by atomic mass is 16.5. The minimum atomic E-state index is -0.906. The van der Waals surface area contributed by atoms with Crippen LogP contribution in [0.25, 0.3) is 11.1 Å². The molecule has 1 N–H and O–H groups in total. The van der Waals surface area contributed by atoms with E-state index in [0.717, 1.165) is 29.9 Å². The fourth-order valence-corrected chi connectivity index (χ4v) is 3.43. The predicted octanol–water partition coefficient (Wildman–Crippen LogP) is 7.35. The van der Waals surface area contributed by atoms with E-state index in [1.165, 1.54) is 57.8 Å². The van der Waals surface area contributed by atoms with Crippen LogP contribution < -0.4 is 4.74 Å². The van der Waals surface area contributed by atoms with E-state index in [-0.39, 0.29) is 0 Å². The molecule has 0 aliphatic rings. The van der Waals surface area contributed by atoms with E-state index in [0.29, 0.717) is 5.56 Å². The van der Waals surface area contributed by atoms with E-state index < -0.39 is 5.97 Å². The van der Waals surface area contributed by atoms with Crippen LogP contribution in [0.15, 0.2) is 48.5 Å². The summed E-state index contributed by atoms with van der Waals surface area (Å²) in [6.45, 7) is 3.00. The first kappa shape index (κ1) is 22.0. The van der Waals surface area contributed by atoms with Crippen LogP contribution in [0.3, 0.4) is 0 Å². The molecule has 0 atom stereocenters. The van der Waals surface area contributed by atoms with Crippen LogP contribution in [0.5, 0.6) is 5.75 Å². The minimum Gasteiger partial charge on any atom is -0.494 e. The lowest BCUT2D eigenvalue weighted by molar-refractivity contribution is 0.0697. The molecule has 0 aliphatic heterocycles. The van der Waals surface area contributed by atoms with E-state index in [1.54, 1.807) is 12.1 Å². The Balaban J connectivity index is 1.64. The summed E-state index contributed by atoms with van der Waals surface area (Å²) in [5, 5.41) is 9.33. The second-order valence-corrected chi connectivity index (χ2v) is 7.41. The van der Waals surface area contributed by atoms with Crippen molar-refractivity contribution in [1.29, 1.82) is 0 Å². The molecule has 3 nitrogen and oxygen atoms in total. The van der Waals surface area contributed by atoms with Crippen molar-refractivity contribution in [2.75, 3.05) is 6.61 Å². The zero-order valence-electron chi connectivity index (χ0n) is 17.2. The van der Waals surface area contributed by atoms with E-state index in [9.17, 15) is 9.90 Å². The monoisotopic (exact) mass is 382 g/mol. The van der Waals surface area contributed by atoms with E-state index >= 15 is 0 Å². The lowest BCUT2D eigenvalue weighted by Gasteiger charge is -2.09. The first-order chi connectivity index (χ1) is 13.7. The number of carboxylic acids is 1. The Labute approximate surface area is 169 Å². The molecule has 0 radical (unpaired) electrons. The van der Waals surface area contributed by atoms with Crippen LogP contribution in [0.1, 0.15) is 81.5 Å². The Morgan fingerprint density at radius 3 is 1.96 bits per heavy atom. The molecule has 0 saturated carbocycles. The smallest absolute Gasteiger partial charge is 0.336 e. The molecule has 2 aromatic carbocycles. The molecule has 0 aromatic heterocycles. The third-order valence-electron chi connectivity index (χ3n) is 5.09. The maximum atomic E-state index is 11.4. The Morgan fingerprint density at radius 2 is 1.36 bits per heavy atom. The van der Waals surface area contributed by atoms with Crippen molar-refractivity contribution in [2.45, 2.75) is 71.1 Å². The van der Waals surface area contributed by atoms with Gasteiger partial charge in [0, 0.05) is 0 Å². The summed E-state index contributed by atoms with van der Waals surface area (Å²) in [4.78, 5) is 11.4. The zero-order chi connectivity index (χ0) is 20.0. The minimum absolute atomic E-state index is 0.321. The molecule has 0 spiro atoms. The molecule has 0 aliphatic carbocycles. The third kappa shape index (κ3) is 7.75. The van der Waals surface area contributed by atoms with Gasteiger partial charge in [-0.15, -0.1) is 0 Å². The summed E-state index contributed by atoms with van der Waals surface area (Å²) < 4.78 is 5.83. The van der Waals surface area contributed by atoms with Crippen LogP contribution in [0, 0.1) is 0 Å². The second-order valence-electron chi connectivity index (χ2n) is 7.41. The van der Waals surface area contributed by atoms with Crippen molar-refractivity contribution in [1.82, 2.24) is 0 Å². The van der Waals surface area contributed by atoms with Gasteiger partial charge in [-0.05, 0) is 35.7 Å². The summed E-state index contributed by atoms with van der Waals surface area (Å²) in [5.74, 6) is -0.0654. The zero-order valence-corrected chi connectivity index (χ0v) is 17.2. The predicted molar refractivity (Wildman–Crippen MR) is 116 cm³/mol. The molecule has 2 aromatic rings. The molecule has 0 bridgehead atoms. The number of hydrogen-bond acceptors (Lipinski definition) is 2. The van der Waals surface area contributed by atoms with Gasteiger partial charge in [-0.2, -0.15) is 0 Å². The number of rotatable bonds is 14. The normalized spacial score (nSPS) is 10.8. The molecular formula is C25H34O3. The molecular weight excluding hydrogens is 348 g/mol. The molecule has 0 unspecified atom stereocenters. The van der Waals surface area contributed by atoms with Gasteiger partial charge >= 0.3 is 5.97 Å². The SMILES string of the molecule is CCCCCCCCCCCCOc1ccc(-c2ccccc2C(=O)O)cc1. The number of aromatic carboxylic acids is 1. The van der Waals surface area contributed by atoms with Crippen molar-refractivity contribution in [3.05, 3.63) is 54.1 Å². The van der Waals surface area contributed by atoms with E-state index in [2.05, 4.69) is 6.92 Å². The van der Waals surface area contributed by atoms with Gasteiger partial charge in [0.05, 0.1) is 12.2 Å². The van der Waals surface area contributed by atoms with Crippen LogP contribution in [-0.2, 0) is 0 Å². The summed E-state index contributed by atoms with van der Waals surface area (Å²) >= 11 is 0. The average molecular weight is 383 g/mol. The van der Waals surface area contributed by atoms with Crippen molar-refractivity contribution in [3.8, 4) is 16.9 Å². The summed E-state index contributed by atoms with van der Waals surface area (Å²) in [5.41, 5.74) is 1.95. The third-order valence-corrected chi connectivity index (χ3v) is 5.09. The first-order valence-electron chi connectivity index (χ1n) is 10.8. The molecule has 0 amide bonds. The number of benzene rings is 2. The maximum Gasteiger partial charge on any atom is 0.336 e. The summed E-state index contributed by atoms with van der Waals surface area (Å²) in [6.07, 6.45) is 13.2. The molecule has 3 heteroatoms. The number of carboxylic acid groups (broad SMARTS) is 1. The standard InChI is InChI=1S/C25H34O3/c1-2-3-4-5-6-7-8-9-10-13-20-28-22-18-16-21(17-19-22)23-14-11-12-15-24(23)25(26)27/h11-12,14-19H,2-10,13,20H2,1H3,(H,26,27). The Kier molecular flexibility index (Phi) is 10.2. The Bertz CT molecular complexity index is 691. The summed E-state index contributed by atoms with van der Waals surface area (Å²) in [7, 11) is 0. The lowest BCUT2D eigenvalue weighted by Crippen LogP contribution is -1.99. The Morgan fingerprint density at radius 1 is 0.786 bits per heavy atom. The fourth-order valence-electron chi connectivity index (χ4n) is 3.43. The highest BCUT2D eigenvalue weighted by molar-refractivity contribution is 5.96. The largest absolute Gasteiger partial charge is 0.494 e. The molecule has 28 heavy (non-hydrogen) atoms. The van der Waals surface area contributed by atoms with Crippen molar-refractivity contribution in [2.24, 2.45) is 0 Å². The lowest BCUT2D eigenvalue weighted by atomic mass is 10.00. The van der Waals surface area contributed by atoms with E-state index in [4.69, 9.17) is 4.74 Å². The highest BCUT2D eigenvalue weighted by Gasteiger charge is 2.10. The molecule has 0 fully saturated rings. The number of carbonyl (C=O) groups is 1. The van der Waals surface area contributed by atoms with Gasteiger partial charge in [-0.25, -0.2) is 4.79 Å². The quantitative estimate of drug-likeness (QED) is 0.347. The van der Waals surface area contributed by atoms with Crippen LogP contribution in [0.2, 0.25) is 0 Å². The van der Waals surface area contributed by atoms with Crippen molar-refractivity contribution < 1.29 is 14.6 Å². The topological polar surface area (TPSA) is 46.5 Å². The van der Waals surface area contributed by atoms with Crippen LogP contribution in [-0.4, -0.2) is 17.7 Å². The number of hydrogen-bond donors (Lipinski definition) is 1. The number of ether oxygens (including phenoxy) is 1. The van der Waals surface area contributed by atoms with Gasteiger partial charge in [0.15, 0.2) is 0 Å². The van der Waals surface area contributed by atoms with Gasteiger partial charge < -0.3 is 9.84 Å². The van der Waals surface area contributed by atoms with Gasteiger partial charge in [0.1, 0.15) is 5.75 Å². The highest BCUT2D eigenvalue weighted by Crippen LogP contribution is 2.26. The average Bonchev–Trinajstić information content (AvgIpc) is 2.72. The van der Waals surface area contributed by atoms with Crippen LogP contribution in [0.4, 0.5) is 0 Å². The molecule has 0 saturated heterocycles. The second kappa shape index (κ2) is 13.0. The van der Waals surface area contributed by atoms with E-state index in [1.807, 2.05) is 36.4 Å². The van der Waals surface area contributed by atoms with Crippen molar-refractivity contribution in [3.63, 3.8) is 0 Å². The maximum absolute atomic E-state index is 11.4. The number of unbranched alkanes of at least 4 members (excludes halogenated alkanes) is 9. The molecule has 2 rings (SSSR count). The van der Waals surface area contributed by atoms with Crippen LogP contribution >= 0.6 is 0 Å². The van der Waals surface area contributed by atoms with Gasteiger partial charge in [-0.3, -0.25) is 0 Å².